The van der Waals surface area contributed by atoms with Gasteiger partial charge >= 0.3 is 0 Å². The Bertz CT molecular complexity index is 874. The first kappa shape index (κ1) is 19.5. The molecule has 27 heavy (non-hydrogen) atoms. The monoisotopic (exact) mass is 398 g/mol. The van der Waals surface area contributed by atoms with Crippen molar-refractivity contribution in [2.45, 2.75) is 19.1 Å². The van der Waals surface area contributed by atoms with E-state index in [0.717, 1.165) is 39.9 Å². The molecule has 0 atom stereocenters. The van der Waals surface area contributed by atoms with Gasteiger partial charge in [0.05, 0.1) is 18.6 Å². The second-order valence-corrected chi connectivity index (χ2v) is 7.81. The number of amides is 1. The van der Waals surface area contributed by atoms with Crippen molar-refractivity contribution in [2.75, 3.05) is 18.2 Å². The van der Waals surface area contributed by atoms with Gasteiger partial charge in [-0.2, -0.15) is 0 Å². The summed E-state index contributed by atoms with van der Waals surface area (Å²) in [5, 5.41) is 5.96. The average Bonchev–Trinajstić information content (AvgIpc) is 3.17. The Labute approximate surface area is 168 Å². The fraction of sp³-hybridized carbons (Fsp3) is 0.238. The maximum absolute atomic E-state index is 12.1. The highest BCUT2D eigenvalue weighted by atomic mass is 32.2. The topological polar surface area (TPSA) is 51.2 Å². The van der Waals surface area contributed by atoms with Crippen molar-refractivity contribution < 1.29 is 9.53 Å². The molecular weight excluding hydrogens is 376 g/mol. The number of thiazole rings is 1. The molecule has 2 aromatic carbocycles. The molecule has 1 amide bonds. The van der Waals surface area contributed by atoms with E-state index in [0.29, 0.717) is 5.75 Å². The SMILES string of the molecule is CCc1ccc(NC(=O)CSCc2csc(-c3ccc(OC)cc3)n2)cc1. The van der Waals surface area contributed by atoms with Crippen LogP contribution in [0.2, 0.25) is 0 Å². The summed E-state index contributed by atoms with van der Waals surface area (Å²) in [6.07, 6.45) is 0.996. The largest absolute Gasteiger partial charge is 0.497 e. The van der Waals surface area contributed by atoms with Crippen molar-refractivity contribution in [3.8, 4) is 16.3 Å². The van der Waals surface area contributed by atoms with Gasteiger partial charge in [0.25, 0.3) is 0 Å². The van der Waals surface area contributed by atoms with E-state index < -0.39 is 0 Å². The van der Waals surface area contributed by atoms with Gasteiger partial charge in [0, 0.05) is 22.4 Å². The van der Waals surface area contributed by atoms with Crippen LogP contribution in [-0.4, -0.2) is 23.8 Å². The van der Waals surface area contributed by atoms with Gasteiger partial charge in [-0.25, -0.2) is 4.98 Å². The molecule has 0 fully saturated rings. The number of carbonyl (C=O) groups excluding carboxylic acids is 1. The van der Waals surface area contributed by atoms with E-state index in [9.17, 15) is 4.79 Å². The number of ether oxygens (including phenoxy) is 1. The number of rotatable bonds is 8. The van der Waals surface area contributed by atoms with Crippen LogP contribution in [0.15, 0.2) is 53.9 Å². The summed E-state index contributed by atoms with van der Waals surface area (Å²) in [6, 6.07) is 15.9. The Kier molecular flexibility index (Phi) is 6.90. The fourth-order valence-corrected chi connectivity index (χ4v) is 4.16. The summed E-state index contributed by atoms with van der Waals surface area (Å²) < 4.78 is 5.18. The molecule has 0 aliphatic heterocycles. The Morgan fingerprint density at radius 2 is 1.89 bits per heavy atom. The smallest absolute Gasteiger partial charge is 0.234 e. The standard InChI is InChI=1S/C21H22N2O2S2/c1-3-15-4-8-17(9-5-15)22-20(24)14-26-12-18-13-27-21(23-18)16-6-10-19(25-2)11-7-16/h4-11,13H,3,12,14H2,1-2H3,(H,22,24). The van der Waals surface area contributed by atoms with E-state index in [-0.39, 0.29) is 5.91 Å². The average molecular weight is 399 g/mol. The van der Waals surface area contributed by atoms with Gasteiger partial charge in [-0.15, -0.1) is 23.1 Å². The third-order valence-corrected chi connectivity index (χ3v) is 5.92. The molecule has 0 unspecified atom stereocenters. The highest BCUT2D eigenvalue weighted by molar-refractivity contribution is 7.99. The number of aromatic nitrogens is 1. The van der Waals surface area contributed by atoms with Crippen molar-refractivity contribution >= 4 is 34.7 Å². The molecule has 0 aliphatic carbocycles. The first-order valence-electron chi connectivity index (χ1n) is 8.73. The first-order chi connectivity index (χ1) is 13.2. The van der Waals surface area contributed by atoms with Crippen molar-refractivity contribution in [2.24, 2.45) is 0 Å². The van der Waals surface area contributed by atoms with Crippen LogP contribution >= 0.6 is 23.1 Å². The number of nitrogens with one attached hydrogen (secondary N) is 1. The van der Waals surface area contributed by atoms with Gasteiger partial charge in [-0.05, 0) is 48.4 Å². The van der Waals surface area contributed by atoms with Gasteiger partial charge in [0.1, 0.15) is 10.8 Å². The molecule has 3 rings (SSSR count). The molecule has 1 N–H and O–H groups in total. The van der Waals surface area contributed by atoms with E-state index in [1.165, 1.54) is 5.56 Å². The lowest BCUT2D eigenvalue weighted by molar-refractivity contribution is -0.113. The van der Waals surface area contributed by atoms with E-state index >= 15 is 0 Å². The van der Waals surface area contributed by atoms with Gasteiger partial charge in [-0.1, -0.05) is 19.1 Å². The summed E-state index contributed by atoms with van der Waals surface area (Å²) in [6.45, 7) is 2.11. The Hall–Kier alpha value is -2.31. The lowest BCUT2D eigenvalue weighted by Crippen LogP contribution is -2.14. The third kappa shape index (κ3) is 5.58. The van der Waals surface area contributed by atoms with Crippen LogP contribution in [0.5, 0.6) is 5.75 Å². The number of methoxy groups -OCH3 is 1. The molecular formula is C21H22N2O2S2. The Morgan fingerprint density at radius 1 is 1.15 bits per heavy atom. The minimum Gasteiger partial charge on any atom is -0.497 e. The number of benzene rings is 2. The van der Waals surface area contributed by atoms with Gasteiger partial charge in [0.15, 0.2) is 0 Å². The zero-order chi connectivity index (χ0) is 19.1. The Balaban J connectivity index is 1.47. The number of carbonyl (C=O) groups is 1. The predicted octanol–water partition coefficient (Wildman–Crippen LogP) is 5.25. The molecule has 1 heterocycles. The number of hydrogen-bond acceptors (Lipinski definition) is 5. The van der Waals surface area contributed by atoms with Gasteiger partial charge in [-0.3, -0.25) is 4.79 Å². The summed E-state index contributed by atoms with van der Waals surface area (Å²) in [4.78, 5) is 16.7. The second-order valence-electron chi connectivity index (χ2n) is 5.96. The molecule has 140 valence electrons. The highest BCUT2D eigenvalue weighted by Gasteiger charge is 2.07. The second kappa shape index (κ2) is 9.58. The maximum atomic E-state index is 12.1. The van der Waals surface area contributed by atoms with Gasteiger partial charge < -0.3 is 10.1 Å². The van der Waals surface area contributed by atoms with Crippen molar-refractivity contribution in [1.29, 1.82) is 0 Å². The fourth-order valence-electron chi connectivity index (χ4n) is 2.51. The van der Waals surface area contributed by atoms with Crippen molar-refractivity contribution in [3.05, 3.63) is 65.2 Å². The normalized spacial score (nSPS) is 10.6. The van der Waals surface area contributed by atoms with Crippen LogP contribution in [0.1, 0.15) is 18.2 Å². The van der Waals surface area contributed by atoms with E-state index in [2.05, 4.69) is 17.2 Å². The molecule has 6 heteroatoms. The van der Waals surface area contributed by atoms with Crippen LogP contribution in [-0.2, 0) is 17.0 Å². The van der Waals surface area contributed by atoms with Crippen LogP contribution in [0.3, 0.4) is 0 Å². The van der Waals surface area contributed by atoms with Crippen LogP contribution in [0.4, 0.5) is 5.69 Å². The minimum atomic E-state index is 0.00913. The van der Waals surface area contributed by atoms with Crippen LogP contribution < -0.4 is 10.1 Å². The lowest BCUT2D eigenvalue weighted by Gasteiger charge is -2.05. The highest BCUT2D eigenvalue weighted by Crippen LogP contribution is 2.27. The zero-order valence-corrected chi connectivity index (χ0v) is 17.0. The number of thioether (sulfide) groups is 1. The zero-order valence-electron chi connectivity index (χ0n) is 15.4. The van der Waals surface area contributed by atoms with Crippen LogP contribution in [0, 0.1) is 0 Å². The Morgan fingerprint density at radius 3 is 2.56 bits per heavy atom. The number of aryl methyl sites for hydroxylation is 1. The van der Waals surface area contributed by atoms with E-state index in [4.69, 9.17) is 4.74 Å². The molecule has 0 radical (unpaired) electrons. The summed E-state index contributed by atoms with van der Waals surface area (Å²) in [5.74, 6) is 1.97. The molecule has 4 nitrogen and oxygen atoms in total. The molecule has 0 saturated heterocycles. The molecule has 0 bridgehead atoms. The number of hydrogen-bond donors (Lipinski definition) is 1. The molecule has 0 spiro atoms. The van der Waals surface area contributed by atoms with Gasteiger partial charge in [0.2, 0.25) is 5.91 Å². The maximum Gasteiger partial charge on any atom is 0.234 e. The predicted molar refractivity (Wildman–Crippen MR) is 115 cm³/mol. The first-order valence-corrected chi connectivity index (χ1v) is 10.8. The van der Waals surface area contributed by atoms with Crippen molar-refractivity contribution in [1.82, 2.24) is 4.98 Å². The molecule has 0 saturated carbocycles. The lowest BCUT2D eigenvalue weighted by atomic mass is 10.1. The molecule has 3 aromatic rings. The number of anilines is 1. The summed E-state index contributed by atoms with van der Waals surface area (Å²) in [5.41, 5.74) is 4.17. The minimum absolute atomic E-state index is 0.00913. The molecule has 0 aliphatic rings. The van der Waals surface area contributed by atoms with Crippen LogP contribution in [0.25, 0.3) is 10.6 Å². The summed E-state index contributed by atoms with van der Waals surface area (Å²) in [7, 11) is 1.66. The number of nitrogens with zero attached hydrogens (tertiary/aromatic N) is 1. The summed E-state index contributed by atoms with van der Waals surface area (Å²) >= 11 is 3.18. The quantitative estimate of drug-likeness (QED) is 0.563. The van der Waals surface area contributed by atoms with E-state index in [1.54, 1.807) is 30.2 Å². The molecule has 1 aromatic heterocycles. The third-order valence-electron chi connectivity index (χ3n) is 4.02. The van der Waals surface area contributed by atoms with Crippen molar-refractivity contribution in [3.63, 3.8) is 0 Å². The van der Waals surface area contributed by atoms with E-state index in [1.807, 2.05) is 53.9 Å².